The van der Waals surface area contributed by atoms with Crippen molar-refractivity contribution in [1.29, 1.82) is 0 Å². The monoisotopic (exact) mass is 254 g/mol. The van der Waals surface area contributed by atoms with Crippen molar-refractivity contribution in [2.45, 2.75) is 44.3 Å². The van der Waals surface area contributed by atoms with E-state index in [1.807, 2.05) is 0 Å². The number of likely N-dealkylation sites (N-methyl/N-ethyl adjacent to an activating group) is 1. The highest BCUT2D eigenvalue weighted by molar-refractivity contribution is 5.80. The average Bonchev–Trinajstić information content (AvgIpc) is 3.06. The van der Waals surface area contributed by atoms with E-state index < -0.39 is 0 Å². The number of primary amides is 1. The topological polar surface area (TPSA) is 61.6 Å². The molecule has 0 aromatic carbocycles. The highest BCUT2D eigenvalue weighted by atomic mass is 16.1. The fourth-order valence-electron chi connectivity index (χ4n) is 2.51. The predicted octanol–water partition coefficient (Wildman–Crippen LogP) is -0.382. The molecule has 1 heterocycles. The van der Waals surface area contributed by atoms with Crippen molar-refractivity contribution in [1.82, 2.24) is 15.1 Å². The van der Waals surface area contributed by atoms with Gasteiger partial charge >= 0.3 is 0 Å². The summed E-state index contributed by atoms with van der Waals surface area (Å²) in [6, 6.07) is 0.319. The van der Waals surface area contributed by atoms with Crippen molar-refractivity contribution in [2.24, 2.45) is 5.73 Å². The molecule has 0 aromatic heterocycles. The minimum atomic E-state index is -0.223. The average molecular weight is 254 g/mol. The highest BCUT2D eigenvalue weighted by Gasteiger charge is 2.34. The van der Waals surface area contributed by atoms with E-state index in [2.05, 4.69) is 36.0 Å². The molecular formula is C13H26N4O. The molecule has 1 atom stereocenters. The van der Waals surface area contributed by atoms with Crippen LogP contribution in [0.25, 0.3) is 0 Å². The Morgan fingerprint density at radius 2 is 2.11 bits per heavy atom. The molecule has 1 saturated heterocycles. The highest BCUT2D eigenvalue weighted by Crippen LogP contribution is 2.21. The minimum absolute atomic E-state index is 0.167. The van der Waals surface area contributed by atoms with Gasteiger partial charge in [-0.1, -0.05) is 0 Å². The fraction of sp³-hybridized carbons (Fsp3) is 0.923. The van der Waals surface area contributed by atoms with E-state index in [0.29, 0.717) is 6.04 Å². The summed E-state index contributed by atoms with van der Waals surface area (Å²) in [5.74, 6) is -0.223. The minimum Gasteiger partial charge on any atom is -0.368 e. The van der Waals surface area contributed by atoms with Gasteiger partial charge in [-0.2, -0.15) is 0 Å². The largest absolute Gasteiger partial charge is 0.368 e. The first-order valence-electron chi connectivity index (χ1n) is 6.87. The molecule has 3 N–H and O–H groups in total. The van der Waals surface area contributed by atoms with E-state index in [1.165, 1.54) is 12.8 Å². The first-order chi connectivity index (χ1) is 8.38. The van der Waals surface area contributed by atoms with Crippen molar-refractivity contribution in [3.05, 3.63) is 0 Å². The number of amides is 1. The Balaban J connectivity index is 1.88. The molecule has 2 aliphatic rings. The van der Waals surface area contributed by atoms with Gasteiger partial charge in [0.2, 0.25) is 5.91 Å². The van der Waals surface area contributed by atoms with E-state index in [-0.39, 0.29) is 17.5 Å². The van der Waals surface area contributed by atoms with E-state index in [0.717, 1.165) is 26.2 Å². The number of piperazine rings is 1. The first kappa shape index (κ1) is 13.8. The van der Waals surface area contributed by atoms with Crippen LogP contribution >= 0.6 is 0 Å². The number of hydrogen-bond acceptors (Lipinski definition) is 4. The molecule has 1 saturated carbocycles. The van der Waals surface area contributed by atoms with Crippen LogP contribution in [0.2, 0.25) is 0 Å². The Morgan fingerprint density at radius 3 is 2.61 bits per heavy atom. The molecule has 5 nitrogen and oxygen atoms in total. The molecule has 5 heteroatoms. The van der Waals surface area contributed by atoms with E-state index in [1.54, 1.807) is 0 Å². The zero-order valence-electron chi connectivity index (χ0n) is 11.8. The lowest BCUT2D eigenvalue weighted by Crippen LogP contribution is -2.60. The molecule has 0 spiro atoms. The van der Waals surface area contributed by atoms with E-state index in [4.69, 9.17) is 5.73 Å². The van der Waals surface area contributed by atoms with Crippen LogP contribution in [0, 0.1) is 0 Å². The second-order valence-electron chi connectivity index (χ2n) is 6.36. The van der Waals surface area contributed by atoms with Gasteiger partial charge in [0, 0.05) is 37.8 Å². The van der Waals surface area contributed by atoms with E-state index in [9.17, 15) is 4.79 Å². The Morgan fingerprint density at radius 1 is 1.44 bits per heavy atom. The molecule has 1 aliphatic heterocycles. The second-order valence-corrected chi connectivity index (χ2v) is 6.36. The van der Waals surface area contributed by atoms with Crippen molar-refractivity contribution in [2.75, 3.05) is 33.2 Å². The quantitative estimate of drug-likeness (QED) is 0.702. The lowest BCUT2D eigenvalue weighted by molar-refractivity contribution is -0.120. The summed E-state index contributed by atoms with van der Waals surface area (Å²) >= 11 is 0. The summed E-state index contributed by atoms with van der Waals surface area (Å²) < 4.78 is 0. The van der Waals surface area contributed by atoms with Gasteiger partial charge in [0.15, 0.2) is 0 Å². The van der Waals surface area contributed by atoms with Gasteiger partial charge in [0.05, 0.1) is 6.04 Å². The zero-order valence-corrected chi connectivity index (χ0v) is 11.8. The van der Waals surface area contributed by atoms with Gasteiger partial charge in [-0.15, -0.1) is 0 Å². The third kappa shape index (κ3) is 3.43. The molecule has 1 amide bonds. The Hall–Kier alpha value is -0.650. The normalized spacial score (nSPS) is 27.1. The van der Waals surface area contributed by atoms with Gasteiger partial charge in [-0.25, -0.2) is 0 Å². The molecule has 0 radical (unpaired) electrons. The van der Waals surface area contributed by atoms with E-state index >= 15 is 0 Å². The van der Waals surface area contributed by atoms with Crippen LogP contribution in [0.1, 0.15) is 26.7 Å². The van der Waals surface area contributed by atoms with Crippen LogP contribution in [0.4, 0.5) is 0 Å². The third-order valence-electron chi connectivity index (χ3n) is 4.19. The van der Waals surface area contributed by atoms with Gasteiger partial charge in [0.25, 0.3) is 0 Å². The molecule has 2 fully saturated rings. The first-order valence-corrected chi connectivity index (χ1v) is 6.87. The van der Waals surface area contributed by atoms with Crippen molar-refractivity contribution >= 4 is 5.91 Å². The standard InChI is InChI=1S/C13H26N4O/c1-13(2)9-17(7-6-16(13)3)8-11(12(14)18)15-10-4-5-10/h10-11,15H,4-9H2,1-3H3,(H2,14,18). The van der Waals surface area contributed by atoms with Gasteiger partial charge < -0.3 is 11.1 Å². The molecule has 104 valence electrons. The van der Waals surface area contributed by atoms with Gasteiger partial charge in [0.1, 0.15) is 0 Å². The molecule has 0 aromatic rings. The third-order valence-corrected chi connectivity index (χ3v) is 4.19. The number of carbonyl (C=O) groups is 1. The SMILES string of the molecule is CN1CCN(CC(NC2CC2)C(N)=O)CC1(C)C. The summed E-state index contributed by atoms with van der Waals surface area (Å²) in [4.78, 5) is 16.2. The van der Waals surface area contributed by atoms with Crippen LogP contribution in [0.3, 0.4) is 0 Å². The number of hydrogen-bond donors (Lipinski definition) is 2. The van der Waals surface area contributed by atoms with Gasteiger partial charge in [-0.05, 0) is 33.7 Å². The van der Waals surface area contributed by atoms with Gasteiger partial charge in [-0.3, -0.25) is 14.6 Å². The summed E-state index contributed by atoms with van der Waals surface area (Å²) in [7, 11) is 2.16. The number of nitrogens with two attached hydrogens (primary N) is 1. The summed E-state index contributed by atoms with van der Waals surface area (Å²) in [5.41, 5.74) is 5.65. The Bertz CT molecular complexity index is 314. The summed E-state index contributed by atoms with van der Waals surface area (Å²) in [5, 5.41) is 3.35. The van der Waals surface area contributed by atoms with Crippen molar-refractivity contribution in [3.8, 4) is 0 Å². The predicted molar refractivity (Wildman–Crippen MR) is 72.3 cm³/mol. The molecular weight excluding hydrogens is 228 g/mol. The number of carbonyl (C=O) groups excluding carboxylic acids is 1. The van der Waals surface area contributed by atoms with Crippen LogP contribution in [-0.4, -0.2) is 66.6 Å². The van der Waals surface area contributed by atoms with Crippen molar-refractivity contribution in [3.63, 3.8) is 0 Å². The Kier molecular flexibility index (Phi) is 3.94. The summed E-state index contributed by atoms with van der Waals surface area (Å²) in [6.45, 7) is 8.26. The number of nitrogens with one attached hydrogen (secondary N) is 1. The maximum absolute atomic E-state index is 11.5. The fourth-order valence-corrected chi connectivity index (χ4v) is 2.51. The van der Waals surface area contributed by atoms with Crippen molar-refractivity contribution < 1.29 is 4.79 Å². The van der Waals surface area contributed by atoms with Crippen LogP contribution in [0.5, 0.6) is 0 Å². The Labute approximate surface area is 110 Å². The number of rotatable bonds is 5. The van der Waals surface area contributed by atoms with Crippen LogP contribution in [-0.2, 0) is 4.79 Å². The molecule has 0 bridgehead atoms. The second kappa shape index (κ2) is 5.15. The lowest BCUT2D eigenvalue weighted by Gasteiger charge is -2.46. The molecule has 2 rings (SSSR count). The molecule has 1 aliphatic carbocycles. The maximum atomic E-state index is 11.5. The van der Waals surface area contributed by atoms with Crippen LogP contribution in [0.15, 0.2) is 0 Å². The molecule has 1 unspecified atom stereocenters. The lowest BCUT2D eigenvalue weighted by atomic mass is 9.99. The van der Waals surface area contributed by atoms with Crippen LogP contribution < -0.4 is 11.1 Å². The zero-order chi connectivity index (χ0) is 13.3. The number of nitrogens with zero attached hydrogens (tertiary/aromatic N) is 2. The molecule has 18 heavy (non-hydrogen) atoms. The summed E-state index contributed by atoms with van der Waals surface area (Å²) in [6.07, 6.45) is 2.36. The maximum Gasteiger partial charge on any atom is 0.235 e. The smallest absolute Gasteiger partial charge is 0.235 e.